The predicted octanol–water partition coefficient (Wildman–Crippen LogP) is 2.55. The highest BCUT2D eigenvalue weighted by Crippen LogP contribution is 2.24. The number of hydrazine groups is 1. The first-order chi connectivity index (χ1) is 13.4. The second kappa shape index (κ2) is 8.22. The molecule has 28 heavy (non-hydrogen) atoms. The summed E-state index contributed by atoms with van der Waals surface area (Å²) in [5.41, 5.74) is 4.51. The fourth-order valence-electron chi connectivity index (χ4n) is 2.56. The average molecular weight is 445 g/mol. The number of amides is 2. The predicted molar refractivity (Wildman–Crippen MR) is 107 cm³/mol. The van der Waals surface area contributed by atoms with Crippen LogP contribution in [0.15, 0.2) is 51.7 Å². The van der Waals surface area contributed by atoms with Crippen LogP contribution in [-0.4, -0.2) is 28.1 Å². The molecule has 0 radical (unpaired) electrons. The molecule has 8 nitrogen and oxygen atoms in total. The maximum Gasteiger partial charge on any atom is 0.290 e. The van der Waals surface area contributed by atoms with Gasteiger partial charge in [0.2, 0.25) is 0 Å². The summed E-state index contributed by atoms with van der Waals surface area (Å²) in [5.74, 6) is -0.835. The number of hydrogen-bond donors (Lipinski definition) is 3. The number of carbonyl (C=O) groups is 2. The van der Waals surface area contributed by atoms with Gasteiger partial charge < -0.3 is 4.74 Å². The van der Waals surface area contributed by atoms with Crippen molar-refractivity contribution in [1.29, 1.82) is 0 Å². The lowest BCUT2D eigenvalue weighted by molar-refractivity contribution is 0.0841. The third-order valence-electron chi connectivity index (χ3n) is 3.75. The Hall–Kier alpha value is -3.20. The molecule has 9 heteroatoms. The summed E-state index contributed by atoms with van der Waals surface area (Å²) in [6.45, 7) is 3.69. The fraction of sp³-hybridized carbons (Fsp3) is 0.158. The first kappa shape index (κ1) is 19.6. The summed E-state index contributed by atoms with van der Waals surface area (Å²) >= 11 is 3.34. The minimum absolute atomic E-state index is 0.00930. The third kappa shape index (κ3) is 4.20. The van der Waals surface area contributed by atoms with Crippen LogP contribution in [0.2, 0.25) is 0 Å². The molecular weight excluding hydrogens is 428 g/mol. The summed E-state index contributed by atoms with van der Waals surface area (Å²) in [5, 5.41) is 6.78. The van der Waals surface area contributed by atoms with Gasteiger partial charge in [0.1, 0.15) is 5.75 Å². The second-order valence-corrected chi connectivity index (χ2v) is 7.08. The van der Waals surface area contributed by atoms with E-state index in [-0.39, 0.29) is 17.4 Å². The molecule has 144 valence electrons. The molecule has 0 saturated carbocycles. The minimum Gasteiger partial charge on any atom is -0.490 e. The Morgan fingerprint density at radius 3 is 2.46 bits per heavy atom. The Kier molecular flexibility index (Phi) is 5.74. The van der Waals surface area contributed by atoms with Gasteiger partial charge in [-0.25, -0.2) is 5.10 Å². The Balaban J connectivity index is 1.80. The standard InChI is InChI=1S/C19H17BrN4O4/c1-10(2)28-15-9-11(20)7-8-14(15)18(26)23-24-19(27)16-12-5-3-4-6-13(12)17(25)22-21-16/h3-10H,1-2H3,(H,22,25)(H,23,26)(H,24,27). The summed E-state index contributed by atoms with van der Waals surface area (Å²) in [7, 11) is 0. The Bertz CT molecular complexity index is 1110. The van der Waals surface area contributed by atoms with Crippen LogP contribution in [0, 0.1) is 0 Å². The lowest BCUT2D eigenvalue weighted by Crippen LogP contribution is -2.42. The monoisotopic (exact) mass is 444 g/mol. The minimum atomic E-state index is -0.663. The van der Waals surface area contributed by atoms with E-state index >= 15 is 0 Å². The third-order valence-corrected chi connectivity index (χ3v) is 4.24. The molecule has 1 aromatic heterocycles. The smallest absolute Gasteiger partial charge is 0.290 e. The Labute approximate surface area is 168 Å². The first-order valence-electron chi connectivity index (χ1n) is 8.41. The van der Waals surface area contributed by atoms with Gasteiger partial charge in [-0.2, -0.15) is 5.10 Å². The average Bonchev–Trinajstić information content (AvgIpc) is 2.66. The van der Waals surface area contributed by atoms with E-state index in [0.717, 1.165) is 4.47 Å². The molecule has 3 aromatic rings. The number of fused-ring (bicyclic) bond motifs is 1. The van der Waals surface area contributed by atoms with Crippen molar-refractivity contribution in [2.24, 2.45) is 0 Å². The highest BCUT2D eigenvalue weighted by atomic mass is 79.9. The molecule has 3 N–H and O–H groups in total. The number of benzene rings is 2. The van der Waals surface area contributed by atoms with Gasteiger partial charge in [0.15, 0.2) is 5.69 Å². The topological polar surface area (TPSA) is 113 Å². The van der Waals surface area contributed by atoms with E-state index in [2.05, 4.69) is 37.0 Å². The number of nitrogens with zero attached hydrogens (tertiary/aromatic N) is 1. The van der Waals surface area contributed by atoms with E-state index in [9.17, 15) is 14.4 Å². The van der Waals surface area contributed by atoms with Crippen molar-refractivity contribution < 1.29 is 14.3 Å². The summed E-state index contributed by atoms with van der Waals surface area (Å²) < 4.78 is 6.41. The molecule has 3 rings (SSSR count). The molecule has 0 fully saturated rings. The number of aromatic amines is 1. The number of aromatic nitrogens is 2. The molecule has 1 heterocycles. The molecule has 0 bridgehead atoms. The van der Waals surface area contributed by atoms with Crippen LogP contribution in [0.3, 0.4) is 0 Å². The van der Waals surface area contributed by atoms with Gasteiger partial charge in [0.05, 0.1) is 17.1 Å². The first-order valence-corrected chi connectivity index (χ1v) is 9.20. The van der Waals surface area contributed by atoms with E-state index < -0.39 is 17.4 Å². The fourth-order valence-corrected chi connectivity index (χ4v) is 2.90. The van der Waals surface area contributed by atoms with Crippen LogP contribution in [0.1, 0.15) is 34.7 Å². The van der Waals surface area contributed by atoms with Gasteiger partial charge in [0.25, 0.3) is 17.4 Å². The number of rotatable bonds is 4. The number of nitrogens with one attached hydrogen (secondary N) is 3. The maximum absolute atomic E-state index is 12.5. The molecule has 0 spiro atoms. The summed E-state index contributed by atoms with van der Waals surface area (Å²) in [6, 6.07) is 11.5. The van der Waals surface area contributed by atoms with Crippen molar-refractivity contribution in [3.8, 4) is 5.75 Å². The number of halogens is 1. The van der Waals surface area contributed by atoms with Crippen LogP contribution in [0.5, 0.6) is 5.75 Å². The molecular formula is C19H17BrN4O4. The second-order valence-electron chi connectivity index (χ2n) is 6.16. The summed E-state index contributed by atoms with van der Waals surface area (Å²) in [4.78, 5) is 36.8. The van der Waals surface area contributed by atoms with Crippen molar-refractivity contribution in [1.82, 2.24) is 21.0 Å². The largest absolute Gasteiger partial charge is 0.490 e. The van der Waals surface area contributed by atoms with Crippen molar-refractivity contribution in [2.45, 2.75) is 20.0 Å². The van der Waals surface area contributed by atoms with Gasteiger partial charge >= 0.3 is 0 Å². The molecule has 0 unspecified atom stereocenters. The van der Waals surface area contributed by atoms with Gasteiger partial charge in [-0.1, -0.05) is 34.1 Å². The number of hydrogen-bond acceptors (Lipinski definition) is 5. The Morgan fingerprint density at radius 2 is 1.75 bits per heavy atom. The highest BCUT2D eigenvalue weighted by molar-refractivity contribution is 9.10. The SMILES string of the molecule is CC(C)Oc1cc(Br)ccc1C(=O)NNC(=O)c1n[nH]c(=O)c2ccccc12. The maximum atomic E-state index is 12.5. The lowest BCUT2D eigenvalue weighted by Gasteiger charge is -2.15. The zero-order valence-corrected chi connectivity index (χ0v) is 16.7. The van der Waals surface area contributed by atoms with Gasteiger partial charge in [-0.15, -0.1) is 0 Å². The highest BCUT2D eigenvalue weighted by Gasteiger charge is 2.18. The summed E-state index contributed by atoms with van der Waals surface area (Å²) in [6.07, 6.45) is -0.132. The Morgan fingerprint density at radius 1 is 1.07 bits per heavy atom. The van der Waals surface area contributed by atoms with Crippen LogP contribution < -0.4 is 21.1 Å². The van der Waals surface area contributed by atoms with Gasteiger partial charge in [-0.05, 0) is 38.1 Å². The number of ether oxygens (including phenoxy) is 1. The van der Waals surface area contributed by atoms with Crippen molar-refractivity contribution >= 4 is 38.5 Å². The van der Waals surface area contributed by atoms with E-state index in [1.54, 1.807) is 42.5 Å². The van der Waals surface area contributed by atoms with Crippen LogP contribution in [0.4, 0.5) is 0 Å². The van der Waals surface area contributed by atoms with E-state index in [1.165, 1.54) is 0 Å². The molecule has 2 amide bonds. The van der Waals surface area contributed by atoms with Gasteiger partial charge in [0, 0.05) is 9.86 Å². The molecule has 2 aromatic carbocycles. The quantitative estimate of drug-likeness (QED) is 0.535. The molecule has 0 atom stereocenters. The van der Waals surface area contributed by atoms with Crippen LogP contribution in [-0.2, 0) is 0 Å². The van der Waals surface area contributed by atoms with Crippen molar-refractivity contribution in [3.05, 3.63) is 68.5 Å². The molecule has 0 aliphatic rings. The van der Waals surface area contributed by atoms with E-state index in [1.807, 2.05) is 13.8 Å². The molecule has 0 saturated heterocycles. The van der Waals surface area contributed by atoms with Gasteiger partial charge in [-0.3, -0.25) is 25.2 Å². The van der Waals surface area contributed by atoms with Crippen LogP contribution in [0.25, 0.3) is 10.8 Å². The number of H-pyrrole nitrogens is 1. The zero-order valence-electron chi connectivity index (χ0n) is 15.1. The van der Waals surface area contributed by atoms with E-state index in [4.69, 9.17) is 4.74 Å². The van der Waals surface area contributed by atoms with Crippen LogP contribution >= 0.6 is 15.9 Å². The molecule has 0 aliphatic heterocycles. The zero-order chi connectivity index (χ0) is 20.3. The van der Waals surface area contributed by atoms with Crippen molar-refractivity contribution in [2.75, 3.05) is 0 Å². The lowest BCUT2D eigenvalue weighted by atomic mass is 10.1. The number of carbonyl (C=O) groups excluding carboxylic acids is 2. The normalized spacial score (nSPS) is 10.7. The van der Waals surface area contributed by atoms with E-state index in [0.29, 0.717) is 16.5 Å². The van der Waals surface area contributed by atoms with Crippen molar-refractivity contribution in [3.63, 3.8) is 0 Å². The molecule has 0 aliphatic carbocycles.